The normalized spacial score (nSPS) is 19.2. The number of hydrogen-bond acceptors (Lipinski definition) is 3. The van der Waals surface area contributed by atoms with E-state index >= 15 is 0 Å². The molecule has 4 rings (SSSR count). The van der Waals surface area contributed by atoms with Gasteiger partial charge in [-0.25, -0.2) is 8.42 Å². The molecule has 2 aromatic rings. The van der Waals surface area contributed by atoms with Crippen molar-refractivity contribution in [2.75, 3.05) is 18.4 Å². The van der Waals surface area contributed by atoms with Gasteiger partial charge < -0.3 is 5.32 Å². The minimum Gasteiger partial charge on any atom is -0.325 e. The van der Waals surface area contributed by atoms with Crippen molar-refractivity contribution in [3.05, 3.63) is 59.7 Å². The highest BCUT2D eigenvalue weighted by molar-refractivity contribution is 7.89. The van der Waals surface area contributed by atoms with Crippen molar-refractivity contribution in [2.45, 2.75) is 49.3 Å². The van der Waals surface area contributed by atoms with E-state index in [2.05, 4.69) is 5.32 Å². The molecular weight excluding hydrogens is 372 g/mol. The number of hydrogen-bond donors (Lipinski definition) is 1. The number of amides is 1. The molecule has 1 saturated heterocycles. The van der Waals surface area contributed by atoms with Gasteiger partial charge in [-0.05, 0) is 55.9 Å². The van der Waals surface area contributed by atoms with E-state index < -0.39 is 15.4 Å². The molecule has 0 spiro atoms. The molecule has 1 aliphatic heterocycles. The summed E-state index contributed by atoms with van der Waals surface area (Å²) in [5, 5.41) is 2.96. The van der Waals surface area contributed by atoms with Crippen LogP contribution >= 0.6 is 0 Å². The number of rotatable bonds is 5. The molecule has 0 aromatic heterocycles. The zero-order chi connectivity index (χ0) is 19.8. The fourth-order valence-corrected chi connectivity index (χ4v) is 5.75. The maximum atomic E-state index is 13.1. The Morgan fingerprint density at radius 2 is 1.68 bits per heavy atom. The lowest BCUT2D eigenvalue weighted by Crippen LogP contribution is -2.36. The first kappa shape index (κ1) is 19.2. The lowest BCUT2D eigenvalue weighted by Gasteiger charge is -2.26. The fourth-order valence-electron chi connectivity index (χ4n) is 3.98. The van der Waals surface area contributed by atoms with Crippen LogP contribution in [0.3, 0.4) is 0 Å². The molecule has 1 amide bonds. The molecule has 1 heterocycles. The zero-order valence-corrected chi connectivity index (χ0v) is 17.0. The maximum Gasteiger partial charge on any atom is 0.243 e. The maximum absolute atomic E-state index is 13.1. The molecule has 0 bridgehead atoms. The van der Waals surface area contributed by atoms with E-state index in [9.17, 15) is 13.2 Å². The summed E-state index contributed by atoms with van der Waals surface area (Å²) >= 11 is 0. The number of anilines is 1. The topological polar surface area (TPSA) is 66.5 Å². The van der Waals surface area contributed by atoms with Crippen LogP contribution in [0.1, 0.15) is 43.2 Å². The average molecular weight is 399 g/mol. The quantitative estimate of drug-likeness (QED) is 0.832. The van der Waals surface area contributed by atoms with Crippen molar-refractivity contribution in [3.63, 3.8) is 0 Å². The molecule has 0 atom stereocenters. The number of carbonyl (C=O) groups excluding carboxylic acids is 1. The predicted octanol–water partition coefficient (Wildman–Crippen LogP) is 3.84. The smallest absolute Gasteiger partial charge is 0.243 e. The summed E-state index contributed by atoms with van der Waals surface area (Å²) in [6, 6.07) is 14.9. The zero-order valence-electron chi connectivity index (χ0n) is 16.1. The van der Waals surface area contributed by atoms with Gasteiger partial charge in [0, 0.05) is 18.8 Å². The van der Waals surface area contributed by atoms with E-state index in [1.165, 1.54) is 0 Å². The van der Waals surface area contributed by atoms with Crippen LogP contribution in [-0.2, 0) is 20.2 Å². The first-order chi connectivity index (χ1) is 13.4. The van der Waals surface area contributed by atoms with Crippen molar-refractivity contribution in [3.8, 4) is 0 Å². The van der Waals surface area contributed by atoms with Crippen LogP contribution in [-0.4, -0.2) is 31.7 Å². The standard InChI is InChI=1S/C22H26N2O3S/c1-17-10-11-19(16-20(17)28(26,27)24-14-6-3-7-15-24)23-21(25)22(12-13-22)18-8-4-2-5-9-18/h2,4-5,8-11,16H,3,6-7,12-15H2,1H3,(H,23,25). The number of nitrogens with zero attached hydrogens (tertiary/aromatic N) is 1. The summed E-state index contributed by atoms with van der Waals surface area (Å²) in [5.74, 6) is -0.0659. The Balaban J connectivity index is 1.58. The van der Waals surface area contributed by atoms with Crippen molar-refractivity contribution < 1.29 is 13.2 Å². The molecule has 2 aliphatic rings. The second kappa shape index (κ2) is 7.33. The highest BCUT2D eigenvalue weighted by Crippen LogP contribution is 2.49. The highest BCUT2D eigenvalue weighted by atomic mass is 32.2. The van der Waals surface area contributed by atoms with Crippen molar-refractivity contribution in [1.82, 2.24) is 4.31 Å². The van der Waals surface area contributed by atoms with Crippen LogP contribution in [0.5, 0.6) is 0 Å². The third-order valence-electron chi connectivity index (χ3n) is 5.89. The van der Waals surface area contributed by atoms with Gasteiger partial charge in [0.1, 0.15) is 0 Å². The van der Waals surface area contributed by atoms with E-state index in [1.807, 2.05) is 30.3 Å². The van der Waals surface area contributed by atoms with E-state index in [1.54, 1.807) is 29.4 Å². The van der Waals surface area contributed by atoms with Crippen molar-refractivity contribution >= 4 is 21.6 Å². The van der Waals surface area contributed by atoms with Gasteiger partial charge in [-0.1, -0.05) is 42.8 Å². The number of piperidine rings is 1. The summed E-state index contributed by atoms with van der Waals surface area (Å²) in [4.78, 5) is 13.3. The summed E-state index contributed by atoms with van der Waals surface area (Å²) in [5.41, 5.74) is 1.76. The van der Waals surface area contributed by atoms with Gasteiger partial charge in [-0.3, -0.25) is 4.79 Å². The third-order valence-corrected chi connectivity index (χ3v) is 7.93. The van der Waals surface area contributed by atoms with Gasteiger partial charge in [0.2, 0.25) is 15.9 Å². The average Bonchev–Trinajstić information content (AvgIpc) is 3.53. The molecule has 5 nitrogen and oxygen atoms in total. The Labute approximate surface area is 166 Å². The van der Waals surface area contributed by atoms with Gasteiger partial charge >= 0.3 is 0 Å². The molecule has 6 heteroatoms. The van der Waals surface area contributed by atoms with Crippen LogP contribution in [0.15, 0.2) is 53.4 Å². The Morgan fingerprint density at radius 1 is 1.00 bits per heavy atom. The van der Waals surface area contributed by atoms with Crippen molar-refractivity contribution in [1.29, 1.82) is 0 Å². The van der Waals surface area contributed by atoms with Crippen LogP contribution in [0.2, 0.25) is 0 Å². The van der Waals surface area contributed by atoms with Gasteiger partial charge in [-0.15, -0.1) is 0 Å². The third kappa shape index (κ3) is 3.47. The Morgan fingerprint density at radius 3 is 2.32 bits per heavy atom. The number of benzene rings is 2. The first-order valence-corrected chi connectivity index (χ1v) is 11.4. The molecular formula is C22H26N2O3S. The van der Waals surface area contributed by atoms with Crippen LogP contribution in [0.4, 0.5) is 5.69 Å². The van der Waals surface area contributed by atoms with Crippen LogP contribution in [0.25, 0.3) is 0 Å². The summed E-state index contributed by atoms with van der Waals surface area (Å²) in [6.07, 6.45) is 4.49. The minimum absolute atomic E-state index is 0.0659. The second-order valence-electron chi connectivity index (χ2n) is 7.85. The van der Waals surface area contributed by atoms with Crippen LogP contribution in [0, 0.1) is 6.92 Å². The number of nitrogens with one attached hydrogen (secondary N) is 1. The lowest BCUT2D eigenvalue weighted by molar-refractivity contribution is -0.118. The Bertz CT molecular complexity index is 976. The molecule has 2 fully saturated rings. The summed E-state index contributed by atoms with van der Waals surface area (Å²) in [7, 11) is -3.54. The molecule has 1 aliphatic carbocycles. The SMILES string of the molecule is Cc1ccc(NC(=O)C2(c3ccccc3)CC2)cc1S(=O)(=O)N1CCCCC1. The second-order valence-corrected chi connectivity index (χ2v) is 9.75. The van der Waals surface area contributed by atoms with Gasteiger partial charge in [0.05, 0.1) is 10.3 Å². The molecule has 2 aromatic carbocycles. The number of carbonyl (C=O) groups is 1. The Kier molecular flexibility index (Phi) is 5.02. The van der Waals surface area contributed by atoms with Gasteiger partial charge in [0.25, 0.3) is 0 Å². The molecule has 1 saturated carbocycles. The first-order valence-electron chi connectivity index (χ1n) is 9.91. The largest absolute Gasteiger partial charge is 0.325 e. The molecule has 0 radical (unpaired) electrons. The van der Waals surface area contributed by atoms with E-state index in [4.69, 9.17) is 0 Å². The van der Waals surface area contributed by atoms with Crippen molar-refractivity contribution in [2.24, 2.45) is 0 Å². The summed E-state index contributed by atoms with van der Waals surface area (Å²) in [6.45, 7) is 2.93. The summed E-state index contributed by atoms with van der Waals surface area (Å²) < 4.78 is 27.7. The van der Waals surface area contributed by atoms with E-state index in [-0.39, 0.29) is 10.8 Å². The molecule has 28 heavy (non-hydrogen) atoms. The molecule has 1 N–H and O–H groups in total. The molecule has 0 unspecified atom stereocenters. The minimum atomic E-state index is -3.54. The van der Waals surface area contributed by atoms with E-state index in [0.29, 0.717) is 24.3 Å². The highest BCUT2D eigenvalue weighted by Gasteiger charge is 2.51. The fraction of sp³-hybridized carbons (Fsp3) is 0.409. The van der Waals surface area contributed by atoms with Gasteiger partial charge in [0.15, 0.2) is 0 Å². The number of sulfonamides is 1. The van der Waals surface area contributed by atoms with Crippen LogP contribution < -0.4 is 5.32 Å². The predicted molar refractivity (Wildman–Crippen MR) is 110 cm³/mol. The molecule has 148 valence electrons. The lowest BCUT2D eigenvalue weighted by atomic mass is 9.95. The number of aryl methyl sites for hydroxylation is 1. The monoisotopic (exact) mass is 398 g/mol. The van der Waals surface area contributed by atoms with E-state index in [0.717, 1.165) is 37.7 Å². The Hall–Kier alpha value is -2.18. The van der Waals surface area contributed by atoms with Gasteiger partial charge in [-0.2, -0.15) is 4.31 Å².